The summed E-state index contributed by atoms with van der Waals surface area (Å²) < 4.78 is 0. The lowest BCUT2D eigenvalue weighted by Gasteiger charge is -2.28. The smallest absolute Gasteiger partial charge is 0.275 e. The lowest BCUT2D eigenvalue weighted by molar-refractivity contribution is -0.391. The number of pyridine rings is 1. The summed E-state index contributed by atoms with van der Waals surface area (Å²) in [7, 11) is 2.11. The molecule has 35 heavy (non-hydrogen) atoms. The topological polar surface area (TPSA) is 92.2 Å². The highest BCUT2D eigenvalue weighted by molar-refractivity contribution is 5.94. The molecule has 0 unspecified atom stereocenters. The van der Waals surface area contributed by atoms with Crippen LogP contribution in [0.3, 0.4) is 0 Å². The standard InChI is InChI=1S/C28H35N5O2/c1-33-18-15-22(16-19-33)28(35)32-24(27-30-20-25(31-27)21-10-4-2-5-11-21)13-6-3-7-14-26(34)23-12-8-9-17-29-23/h2,4-5,8-12,17,20,22,24H,3,6-7,13-16,18-19H2,1H3,(H,30,31)(H,32,35)/p+1/t24-/m0/s1. The molecule has 1 amide bonds. The Bertz CT molecular complexity index is 1070. The predicted molar refractivity (Wildman–Crippen MR) is 136 cm³/mol. The van der Waals surface area contributed by atoms with Crippen LogP contribution in [0.15, 0.2) is 60.9 Å². The maximum Gasteiger partial charge on any atom is 0.275 e. The Morgan fingerprint density at radius 2 is 1.86 bits per heavy atom. The summed E-state index contributed by atoms with van der Waals surface area (Å²) in [6.07, 6.45) is 9.37. The summed E-state index contributed by atoms with van der Waals surface area (Å²) in [6.45, 7) is 1.92. The van der Waals surface area contributed by atoms with Crippen molar-refractivity contribution in [1.82, 2.24) is 20.2 Å². The molecule has 1 atom stereocenters. The van der Waals surface area contributed by atoms with E-state index >= 15 is 0 Å². The van der Waals surface area contributed by atoms with Crippen LogP contribution >= 0.6 is 0 Å². The first-order valence-electron chi connectivity index (χ1n) is 12.7. The minimum atomic E-state index is -0.119. The number of unbranched alkanes of at least 4 members (excludes halogenated alkanes) is 2. The molecule has 1 saturated heterocycles. The number of aromatic nitrogens is 3. The fraction of sp³-hybridized carbons (Fsp3) is 0.429. The summed E-state index contributed by atoms with van der Waals surface area (Å²) in [5, 5.41) is 3.31. The molecule has 3 aromatic rings. The highest BCUT2D eigenvalue weighted by Crippen LogP contribution is 2.23. The van der Waals surface area contributed by atoms with Crippen LogP contribution in [0.5, 0.6) is 0 Å². The first-order chi connectivity index (χ1) is 17.1. The average molecular weight is 475 g/mol. The van der Waals surface area contributed by atoms with E-state index in [1.807, 2.05) is 36.5 Å². The van der Waals surface area contributed by atoms with E-state index in [9.17, 15) is 9.59 Å². The molecule has 0 aliphatic carbocycles. The monoisotopic (exact) mass is 474 g/mol. The highest BCUT2D eigenvalue weighted by Gasteiger charge is 2.28. The summed E-state index contributed by atoms with van der Waals surface area (Å²) in [4.78, 5) is 38.7. The quantitative estimate of drug-likeness (QED) is 0.321. The molecule has 0 radical (unpaired) electrons. The third-order valence-electron chi connectivity index (χ3n) is 6.83. The number of carbonyl (C=O) groups excluding carboxylic acids is 2. The van der Waals surface area contributed by atoms with Crippen molar-refractivity contribution in [3.05, 3.63) is 72.4 Å². The van der Waals surface area contributed by atoms with Gasteiger partial charge in [0.2, 0.25) is 5.91 Å². The Morgan fingerprint density at radius 3 is 2.60 bits per heavy atom. The number of hydrogen-bond donors (Lipinski definition) is 2. The van der Waals surface area contributed by atoms with Gasteiger partial charge in [0.25, 0.3) is 5.82 Å². The Hall–Kier alpha value is -3.32. The fourth-order valence-electron chi connectivity index (χ4n) is 4.64. The molecule has 184 valence electrons. The molecule has 3 heterocycles. The number of nitrogens with zero attached hydrogens (tertiary/aromatic N) is 2. The second-order valence-corrected chi connectivity index (χ2v) is 9.48. The molecule has 7 nitrogen and oxygen atoms in total. The van der Waals surface area contributed by atoms with Crippen molar-refractivity contribution in [2.75, 3.05) is 20.1 Å². The normalized spacial score (nSPS) is 15.6. The first kappa shape index (κ1) is 24.8. The van der Waals surface area contributed by atoms with Gasteiger partial charge in [-0.1, -0.05) is 49.2 Å². The summed E-state index contributed by atoms with van der Waals surface area (Å²) in [5.74, 6) is 1.20. The van der Waals surface area contributed by atoms with E-state index in [0.717, 1.165) is 68.7 Å². The number of benzene rings is 1. The Kier molecular flexibility index (Phi) is 8.79. The van der Waals surface area contributed by atoms with Crippen LogP contribution in [0.25, 0.3) is 11.3 Å². The molecule has 4 rings (SSSR count). The maximum absolute atomic E-state index is 13.1. The molecule has 1 aliphatic heterocycles. The minimum Gasteiger partial charge on any atom is -0.342 e. The van der Waals surface area contributed by atoms with Gasteiger partial charge in [0.05, 0.1) is 0 Å². The molecule has 1 aromatic carbocycles. The molecule has 3 N–H and O–H groups in total. The summed E-state index contributed by atoms with van der Waals surface area (Å²) >= 11 is 0. The van der Waals surface area contributed by atoms with Gasteiger partial charge in [-0.05, 0) is 58.0 Å². The largest absolute Gasteiger partial charge is 0.342 e. The van der Waals surface area contributed by atoms with Crippen LogP contribution < -0.4 is 10.3 Å². The van der Waals surface area contributed by atoms with Crippen molar-refractivity contribution in [3.8, 4) is 11.3 Å². The van der Waals surface area contributed by atoms with Gasteiger partial charge in [0, 0.05) is 24.1 Å². The van der Waals surface area contributed by atoms with E-state index in [1.165, 1.54) is 0 Å². The van der Waals surface area contributed by atoms with Gasteiger partial charge in [-0.25, -0.2) is 9.97 Å². The van der Waals surface area contributed by atoms with E-state index in [0.29, 0.717) is 12.1 Å². The number of H-pyrrole nitrogens is 2. The third-order valence-corrected chi connectivity index (χ3v) is 6.83. The molecule has 0 bridgehead atoms. The summed E-state index contributed by atoms with van der Waals surface area (Å²) in [6, 6.07) is 15.5. The zero-order valence-corrected chi connectivity index (χ0v) is 20.5. The van der Waals surface area contributed by atoms with Gasteiger partial charge in [-0.2, -0.15) is 0 Å². The first-order valence-corrected chi connectivity index (χ1v) is 12.7. The molecule has 1 fully saturated rings. The van der Waals surface area contributed by atoms with Crippen molar-refractivity contribution >= 4 is 11.7 Å². The van der Waals surface area contributed by atoms with Crippen LogP contribution in [0.4, 0.5) is 0 Å². The lowest BCUT2D eigenvalue weighted by Crippen LogP contribution is -2.41. The third kappa shape index (κ3) is 7.09. The number of rotatable bonds is 11. The molecular weight excluding hydrogens is 438 g/mol. The van der Waals surface area contributed by atoms with Gasteiger partial charge in [-0.3, -0.25) is 14.6 Å². The van der Waals surface area contributed by atoms with Crippen molar-refractivity contribution < 1.29 is 14.6 Å². The fourth-order valence-corrected chi connectivity index (χ4v) is 4.64. The van der Waals surface area contributed by atoms with Crippen LogP contribution in [0.1, 0.15) is 67.3 Å². The number of aromatic amines is 2. The average Bonchev–Trinajstić information content (AvgIpc) is 3.39. The molecule has 2 aromatic heterocycles. The number of ketones is 1. The lowest BCUT2D eigenvalue weighted by atomic mass is 9.95. The molecular formula is C28H36N5O2+. The van der Waals surface area contributed by atoms with Gasteiger partial charge >= 0.3 is 0 Å². The van der Waals surface area contributed by atoms with Crippen molar-refractivity contribution in [2.45, 2.75) is 51.0 Å². The van der Waals surface area contributed by atoms with E-state index in [2.05, 4.69) is 44.3 Å². The second-order valence-electron chi connectivity index (χ2n) is 9.48. The number of nitrogens with one attached hydrogen (secondary N) is 3. The molecule has 7 heteroatoms. The Morgan fingerprint density at radius 1 is 1.09 bits per heavy atom. The van der Waals surface area contributed by atoms with E-state index in [4.69, 9.17) is 0 Å². The van der Waals surface area contributed by atoms with Gasteiger partial charge in [0.1, 0.15) is 17.9 Å². The molecule has 1 aliphatic rings. The van der Waals surface area contributed by atoms with Crippen molar-refractivity contribution in [1.29, 1.82) is 0 Å². The minimum absolute atomic E-state index is 0.0632. The van der Waals surface area contributed by atoms with Crippen molar-refractivity contribution in [3.63, 3.8) is 0 Å². The number of likely N-dealkylation sites (tertiary alicyclic amines) is 1. The van der Waals surface area contributed by atoms with Gasteiger partial charge in [0.15, 0.2) is 11.5 Å². The van der Waals surface area contributed by atoms with E-state index < -0.39 is 0 Å². The Labute approximate surface area is 207 Å². The highest BCUT2D eigenvalue weighted by atomic mass is 16.2. The van der Waals surface area contributed by atoms with E-state index in [1.54, 1.807) is 12.3 Å². The second kappa shape index (κ2) is 12.4. The molecule has 0 saturated carbocycles. The number of Topliss-reactive ketones (excluding diaryl/α,β-unsaturated/α-hetero) is 1. The SMILES string of the molecule is CN1CCC(C(=O)N[C@@H](CCCCCC(=O)c2ccccn2)c2[nH]c(-c3ccccc3)c[nH+]2)CC1. The zero-order chi connectivity index (χ0) is 24.5. The Balaban J connectivity index is 1.35. The number of imidazole rings is 1. The summed E-state index contributed by atoms with van der Waals surface area (Å²) in [5.41, 5.74) is 2.63. The maximum atomic E-state index is 13.1. The van der Waals surface area contributed by atoms with E-state index in [-0.39, 0.29) is 23.7 Å². The van der Waals surface area contributed by atoms with Crippen LogP contribution in [-0.4, -0.2) is 46.7 Å². The van der Waals surface area contributed by atoms with Gasteiger partial charge in [-0.15, -0.1) is 0 Å². The zero-order valence-electron chi connectivity index (χ0n) is 20.5. The van der Waals surface area contributed by atoms with Crippen LogP contribution in [0.2, 0.25) is 0 Å². The van der Waals surface area contributed by atoms with Crippen LogP contribution in [-0.2, 0) is 4.79 Å². The van der Waals surface area contributed by atoms with Crippen molar-refractivity contribution in [2.24, 2.45) is 5.92 Å². The molecule has 0 spiro atoms. The number of hydrogen-bond acceptors (Lipinski definition) is 4. The number of piperidine rings is 1. The number of amides is 1. The van der Waals surface area contributed by atoms with Crippen LogP contribution in [0, 0.1) is 5.92 Å². The number of carbonyl (C=O) groups is 2. The van der Waals surface area contributed by atoms with Gasteiger partial charge < -0.3 is 10.2 Å². The predicted octanol–water partition coefficient (Wildman–Crippen LogP) is 4.22.